The van der Waals surface area contributed by atoms with Crippen molar-refractivity contribution in [2.45, 2.75) is 46.1 Å². The van der Waals surface area contributed by atoms with Crippen LogP contribution >= 0.6 is 11.3 Å². The van der Waals surface area contributed by atoms with E-state index in [-0.39, 0.29) is 24.2 Å². The molecule has 2 unspecified atom stereocenters. The average molecular weight is 353 g/mol. The van der Waals surface area contributed by atoms with Crippen LogP contribution in [0.3, 0.4) is 0 Å². The highest BCUT2D eigenvalue weighted by Gasteiger charge is 2.34. The molecule has 1 aromatic heterocycles. The summed E-state index contributed by atoms with van der Waals surface area (Å²) in [6.07, 6.45) is 1.34. The third kappa shape index (κ3) is 4.53. The van der Waals surface area contributed by atoms with E-state index < -0.39 is 12.0 Å². The molecule has 2 atom stereocenters. The summed E-state index contributed by atoms with van der Waals surface area (Å²) < 4.78 is 0. The minimum atomic E-state index is -0.960. The number of hydrogen-bond acceptors (Lipinski definition) is 5. The van der Waals surface area contributed by atoms with Crippen molar-refractivity contribution >= 4 is 34.3 Å². The van der Waals surface area contributed by atoms with Gasteiger partial charge in [0.05, 0.1) is 12.1 Å². The molecule has 1 fully saturated rings. The number of aromatic nitrogens is 1. The topological polar surface area (TPSA) is 99.6 Å². The first-order valence-electron chi connectivity index (χ1n) is 8.05. The number of hydrogen-bond donors (Lipinski definition) is 2. The molecule has 0 aromatic carbocycles. The van der Waals surface area contributed by atoms with Crippen molar-refractivity contribution in [1.29, 1.82) is 0 Å². The molecule has 0 bridgehead atoms. The predicted octanol–water partition coefficient (Wildman–Crippen LogP) is 1.99. The Kier molecular flexibility index (Phi) is 5.93. The number of carbonyl (C=O) groups excluding carboxylic acids is 2. The minimum absolute atomic E-state index is 0.0478. The van der Waals surface area contributed by atoms with Crippen LogP contribution in [0.15, 0.2) is 5.38 Å². The number of aliphatic carboxylic acids is 1. The fourth-order valence-corrected chi connectivity index (χ4v) is 3.34. The van der Waals surface area contributed by atoms with Crippen LogP contribution in [0.2, 0.25) is 0 Å². The maximum Gasteiger partial charge on any atom is 0.326 e. The van der Waals surface area contributed by atoms with E-state index in [1.165, 1.54) is 16.2 Å². The summed E-state index contributed by atoms with van der Waals surface area (Å²) in [7, 11) is 0. The summed E-state index contributed by atoms with van der Waals surface area (Å²) >= 11 is 1.26. The highest BCUT2D eigenvalue weighted by molar-refractivity contribution is 7.13. The number of carboxylic acid groups (broad SMARTS) is 1. The number of likely N-dealkylation sites (tertiary alicyclic amines) is 1. The predicted molar refractivity (Wildman–Crippen MR) is 90.8 cm³/mol. The van der Waals surface area contributed by atoms with E-state index in [0.717, 1.165) is 6.42 Å². The highest BCUT2D eigenvalue weighted by Crippen LogP contribution is 2.24. The molecule has 1 saturated heterocycles. The maximum absolute atomic E-state index is 12.5. The molecule has 1 aromatic rings. The molecule has 2 amide bonds. The first-order valence-corrected chi connectivity index (χ1v) is 8.93. The van der Waals surface area contributed by atoms with E-state index >= 15 is 0 Å². The zero-order chi connectivity index (χ0) is 17.9. The van der Waals surface area contributed by atoms with Crippen LogP contribution < -0.4 is 5.32 Å². The number of piperidine rings is 1. The molecule has 0 radical (unpaired) electrons. The van der Waals surface area contributed by atoms with Gasteiger partial charge in [-0.15, -0.1) is 11.3 Å². The van der Waals surface area contributed by atoms with Gasteiger partial charge in [-0.2, -0.15) is 0 Å². The Morgan fingerprint density at radius 1 is 1.46 bits per heavy atom. The van der Waals surface area contributed by atoms with Gasteiger partial charge < -0.3 is 15.3 Å². The number of nitrogens with zero attached hydrogens (tertiary/aromatic N) is 2. The molecular formula is C16H23N3O4S. The molecule has 2 N–H and O–H groups in total. The maximum atomic E-state index is 12.5. The van der Waals surface area contributed by atoms with Crippen molar-refractivity contribution < 1.29 is 19.5 Å². The van der Waals surface area contributed by atoms with Gasteiger partial charge in [-0.05, 0) is 18.8 Å². The summed E-state index contributed by atoms with van der Waals surface area (Å²) in [4.78, 5) is 41.2. The van der Waals surface area contributed by atoms with E-state index in [9.17, 15) is 19.5 Å². The average Bonchev–Trinajstić information content (AvgIpc) is 2.93. The Labute approximate surface area is 145 Å². The van der Waals surface area contributed by atoms with E-state index in [0.29, 0.717) is 29.7 Å². The highest BCUT2D eigenvalue weighted by atomic mass is 32.1. The Balaban J connectivity index is 2.00. The summed E-state index contributed by atoms with van der Waals surface area (Å²) in [5.41, 5.74) is 0.548. The van der Waals surface area contributed by atoms with Crippen molar-refractivity contribution in [3.63, 3.8) is 0 Å². The van der Waals surface area contributed by atoms with Crippen LogP contribution in [0.5, 0.6) is 0 Å². The quantitative estimate of drug-likeness (QED) is 0.843. The molecule has 132 valence electrons. The fraction of sp³-hybridized carbons (Fsp3) is 0.625. The van der Waals surface area contributed by atoms with Gasteiger partial charge in [0.25, 0.3) is 0 Å². The first-order chi connectivity index (χ1) is 11.3. The monoisotopic (exact) mass is 353 g/mol. The zero-order valence-electron chi connectivity index (χ0n) is 14.1. The molecule has 2 rings (SSSR count). The van der Waals surface area contributed by atoms with Gasteiger partial charge in [-0.3, -0.25) is 9.59 Å². The molecule has 0 aliphatic carbocycles. The minimum Gasteiger partial charge on any atom is -0.480 e. The molecule has 24 heavy (non-hydrogen) atoms. The smallest absolute Gasteiger partial charge is 0.326 e. The van der Waals surface area contributed by atoms with Crippen molar-refractivity contribution in [1.82, 2.24) is 9.88 Å². The number of carbonyl (C=O) groups is 3. The van der Waals surface area contributed by atoms with Crippen LogP contribution in [0.1, 0.15) is 39.3 Å². The standard InChI is InChI=1S/C16H23N3O4S/c1-9(2)14(21)18-16-17-11(8-24-16)7-13(20)19-5-4-10(3)6-12(19)15(22)23/h8-10,12H,4-7H2,1-3H3,(H,22,23)(H,17,18,21). The normalized spacial score (nSPS) is 20.9. The second-order valence-corrected chi connectivity index (χ2v) is 7.39. The molecule has 7 nitrogen and oxygen atoms in total. The first kappa shape index (κ1) is 18.4. The zero-order valence-corrected chi connectivity index (χ0v) is 14.9. The van der Waals surface area contributed by atoms with Crippen LogP contribution in [0, 0.1) is 11.8 Å². The van der Waals surface area contributed by atoms with E-state index in [2.05, 4.69) is 10.3 Å². The van der Waals surface area contributed by atoms with Gasteiger partial charge in [0.1, 0.15) is 6.04 Å². The number of carboxylic acids is 1. The Hall–Kier alpha value is -1.96. The Bertz CT molecular complexity index is 629. The molecule has 0 spiro atoms. The molecular weight excluding hydrogens is 330 g/mol. The number of rotatable bonds is 5. The third-order valence-electron chi connectivity index (χ3n) is 4.11. The molecule has 8 heteroatoms. The van der Waals surface area contributed by atoms with Gasteiger partial charge in [-0.25, -0.2) is 9.78 Å². The Morgan fingerprint density at radius 2 is 2.17 bits per heavy atom. The van der Waals surface area contributed by atoms with Gasteiger partial charge in [0.2, 0.25) is 11.8 Å². The Morgan fingerprint density at radius 3 is 2.79 bits per heavy atom. The van der Waals surface area contributed by atoms with Crippen molar-refractivity contribution in [2.75, 3.05) is 11.9 Å². The summed E-state index contributed by atoms with van der Waals surface area (Å²) in [5.74, 6) is -1.17. The van der Waals surface area contributed by atoms with E-state index in [4.69, 9.17) is 0 Å². The second kappa shape index (κ2) is 7.74. The number of nitrogens with one attached hydrogen (secondary N) is 1. The summed E-state index contributed by atoms with van der Waals surface area (Å²) in [5, 5.41) is 14.2. The van der Waals surface area contributed by atoms with Crippen LogP contribution in [-0.4, -0.2) is 45.4 Å². The van der Waals surface area contributed by atoms with E-state index in [1.54, 1.807) is 19.2 Å². The van der Waals surface area contributed by atoms with Crippen molar-refractivity contribution in [3.8, 4) is 0 Å². The SMILES string of the molecule is CC1CCN(C(=O)Cc2csc(NC(=O)C(C)C)n2)C(C(=O)O)C1. The molecule has 0 saturated carbocycles. The summed E-state index contributed by atoms with van der Waals surface area (Å²) in [6, 6.07) is -0.764. The van der Waals surface area contributed by atoms with E-state index in [1.807, 2.05) is 6.92 Å². The van der Waals surface area contributed by atoms with Crippen molar-refractivity contribution in [2.24, 2.45) is 11.8 Å². The lowest BCUT2D eigenvalue weighted by molar-refractivity contribution is -0.152. The number of thiazole rings is 1. The largest absolute Gasteiger partial charge is 0.480 e. The van der Waals surface area contributed by atoms with Gasteiger partial charge >= 0.3 is 5.97 Å². The van der Waals surface area contributed by atoms with Gasteiger partial charge in [-0.1, -0.05) is 20.8 Å². The third-order valence-corrected chi connectivity index (χ3v) is 4.92. The number of amides is 2. The van der Waals surface area contributed by atoms with Gasteiger partial charge in [0, 0.05) is 17.8 Å². The van der Waals surface area contributed by atoms with Crippen LogP contribution in [0.4, 0.5) is 5.13 Å². The lowest BCUT2D eigenvalue weighted by atomic mass is 9.92. The second-order valence-electron chi connectivity index (χ2n) is 6.54. The summed E-state index contributed by atoms with van der Waals surface area (Å²) in [6.45, 7) is 6.04. The molecule has 1 aliphatic heterocycles. The lowest BCUT2D eigenvalue weighted by Gasteiger charge is -2.35. The molecule has 2 heterocycles. The lowest BCUT2D eigenvalue weighted by Crippen LogP contribution is -2.50. The molecule has 1 aliphatic rings. The van der Waals surface area contributed by atoms with Crippen molar-refractivity contribution in [3.05, 3.63) is 11.1 Å². The fourth-order valence-electron chi connectivity index (χ4n) is 2.63. The van der Waals surface area contributed by atoms with Crippen LogP contribution in [0.25, 0.3) is 0 Å². The number of anilines is 1. The van der Waals surface area contributed by atoms with Gasteiger partial charge in [0.15, 0.2) is 5.13 Å². The van der Waals surface area contributed by atoms with Crippen LogP contribution in [-0.2, 0) is 20.8 Å².